The van der Waals surface area contributed by atoms with Gasteiger partial charge < -0.3 is 5.32 Å². The number of hydrogen-bond donors (Lipinski definition) is 1. The Morgan fingerprint density at radius 3 is 2.81 bits per heavy atom. The molecule has 0 aromatic heterocycles. The third-order valence-corrected chi connectivity index (χ3v) is 3.34. The molecule has 0 spiro atoms. The lowest BCUT2D eigenvalue weighted by molar-refractivity contribution is 0.521. The highest BCUT2D eigenvalue weighted by atomic mass is 32.2. The molecule has 2 heteroatoms. The highest BCUT2D eigenvalue weighted by molar-refractivity contribution is 7.98. The van der Waals surface area contributed by atoms with Gasteiger partial charge in [0, 0.05) is 6.04 Å². The fourth-order valence-corrected chi connectivity index (χ4v) is 2.30. The summed E-state index contributed by atoms with van der Waals surface area (Å²) >= 11 is 1.92. The first kappa shape index (κ1) is 13.6. The van der Waals surface area contributed by atoms with E-state index in [0.717, 1.165) is 6.54 Å². The fraction of sp³-hybridized carbons (Fsp3) is 0.571. The van der Waals surface area contributed by atoms with Gasteiger partial charge in [0.2, 0.25) is 0 Å². The van der Waals surface area contributed by atoms with Crippen molar-refractivity contribution in [2.75, 3.05) is 18.6 Å². The average molecular weight is 237 g/mol. The minimum absolute atomic E-state index is 0.521. The van der Waals surface area contributed by atoms with Crippen molar-refractivity contribution in [1.82, 2.24) is 5.32 Å². The van der Waals surface area contributed by atoms with Crippen LogP contribution < -0.4 is 5.32 Å². The van der Waals surface area contributed by atoms with Gasteiger partial charge >= 0.3 is 0 Å². The maximum absolute atomic E-state index is 3.63. The van der Waals surface area contributed by atoms with Crippen LogP contribution in [0.1, 0.15) is 36.9 Å². The summed E-state index contributed by atoms with van der Waals surface area (Å²) in [6.45, 7) is 5.48. The number of thioether (sulfide) groups is 1. The van der Waals surface area contributed by atoms with E-state index >= 15 is 0 Å². The van der Waals surface area contributed by atoms with E-state index in [0.29, 0.717) is 6.04 Å². The molecular weight excluding hydrogens is 214 g/mol. The van der Waals surface area contributed by atoms with E-state index in [2.05, 4.69) is 49.7 Å². The Kier molecular flexibility index (Phi) is 6.58. The average Bonchev–Trinajstić information content (AvgIpc) is 2.29. The van der Waals surface area contributed by atoms with E-state index in [1.165, 1.54) is 29.7 Å². The summed E-state index contributed by atoms with van der Waals surface area (Å²) in [4.78, 5) is 0. The van der Waals surface area contributed by atoms with Crippen molar-refractivity contribution >= 4 is 11.8 Å². The molecule has 1 N–H and O–H groups in total. The van der Waals surface area contributed by atoms with Gasteiger partial charge in [-0.2, -0.15) is 11.8 Å². The van der Waals surface area contributed by atoms with E-state index in [1.807, 2.05) is 11.8 Å². The molecule has 0 heterocycles. The molecule has 16 heavy (non-hydrogen) atoms. The second-order valence-corrected chi connectivity index (χ2v) is 5.19. The lowest BCUT2D eigenvalue weighted by atomic mass is 10.0. The van der Waals surface area contributed by atoms with Gasteiger partial charge in [0.25, 0.3) is 0 Å². The Bertz CT molecular complexity index is 291. The number of nitrogens with one attached hydrogen (secondary N) is 1. The molecule has 1 nitrogen and oxygen atoms in total. The van der Waals surface area contributed by atoms with Crippen molar-refractivity contribution in [2.45, 2.75) is 32.7 Å². The molecule has 1 aromatic carbocycles. The van der Waals surface area contributed by atoms with Gasteiger partial charge in [-0.15, -0.1) is 0 Å². The predicted octanol–water partition coefficient (Wildman–Crippen LogP) is 3.79. The number of aryl methyl sites for hydroxylation is 1. The van der Waals surface area contributed by atoms with Crippen molar-refractivity contribution in [3.8, 4) is 0 Å². The van der Waals surface area contributed by atoms with Crippen LogP contribution in [0.2, 0.25) is 0 Å². The third-order valence-electron chi connectivity index (χ3n) is 2.70. The highest BCUT2D eigenvalue weighted by Gasteiger charge is 2.09. The molecule has 0 fully saturated rings. The molecule has 0 aliphatic heterocycles. The van der Waals surface area contributed by atoms with Crippen LogP contribution in [0, 0.1) is 6.92 Å². The Hall–Kier alpha value is -0.470. The van der Waals surface area contributed by atoms with Crippen LogP contribution >= 0.6 is 11.8 Å². The van der Waals surface area contributed by atoms with Gasteiger partial charge in [0.05, 0.1) is 0 Å². The molecule has 0 bridgehead atoms. The van der Waals surface area contributed by atoms with E-state index in [9.17, 15) is 0 Å². The predicted molar refractivity (Wildman–Crippen MR) is 75.2 cm³/mol. The van der Waals surface area contributed by atoms with Gasteiger partial charge in [0.1, 0.15) is 0 Å². The largest absolute Gasteiger partial charge is 0.310 e. The SMILES string of the molecule is CCCNC(CCSC)c1cccc(C)c1. The first-order valence-corrected chi connectivity index (χ1v) is 7.46. The zero-order valence-corrected chi connectivity index (χ0v) is 11.4. The first-order chi connectivity index (χ1) is 7.77. The molecular formula is C14H23NS. The molecule has 0 aliphatic carbocycles. The molecule has 0 saturated heterocycles. The van der Waals surface area contributed by atoms with Crippen molar-refractivity contribution in [3.05, 3.63) is 35.4 Å². The van der Waals surface area contributed by atoms with E-state index < -0.39 is 0 Å². The maximum atomic E-state index is 3.63. The molecule has 0 amide bonds. The second kappa shape index (κ2) is 7.75. The van der Waals surface area contributed by atoms with Crippen LogP contribution in [-0.2, 0) is 0 Å². The van der Waals surface area contributed by atoms with Gasteiger partial charge in [-0.1, -0.05) is 36.8 Å². The summed E-state index contributed by atoms with van der Waals surface area (Å²) in [5.74, 6) is 1.22. The summed E-state index contributed by atoms with van der Waals surface area (Å²) < 4.78 is 0. The van der Waals surface area contributed by atoms with Crippen LogP contribution in [0.4, 0.5) is 0 Å². The Morgan fingerprint density at radius 2 is 2.19 bits per heavy atom. The van der Waals surface area contributed by atoms with Crippen molar-refractivity contribution in [1.29, 1.82) is 0 Å². The lowest BCUT2D eigenvalue weighted by Gasteiger charge is -2.19. The van der Waals surface area contributed by atoms with Gasteiger partial charge in [-0.3, -0.25) is 0 Å². The molecule has 90 valence electrons. The minimum atomic E-state index is 0.521. The van der Waals surface area contributed by atoms with Crippen LogP contribution in [-0.4, -0.2) is 18.6 Å². The van der Waals surface area contributed by atoms with E-state index in [1.54, 1.807) is 0 Å². The van der Waals surface area contributed by atoms with E-state index in [-0.39, 0.29) is 0 Å². The number of benzene rings is 1. The monoisotopic (exact) mass is 237 g/mol. The number of hydrogen-bond acceptors (Lipinski definition) is 2. The first-order valence-electron chi connectivity index (χ1n) is 6.06. The molecule has 0 aliphatic rings. The van der Waals surface area contributed by atoms with Crippen molar-refractivity contribution < 1.29 is 0 Å². The Morgan fingerprint density at radius 1 is 1.38 bits per heavy atom. The highest BCUT2D eigenvalue weighted by Crippen LogP contribution is 2.19. The van der Waals surface area contributed by atoms with Gasteiger partial charge in [-0.05, 0) is 43.9 Å². The van der Waals surface area contributed by atoms with Gasteiger partial charge in [0.15, 0.2) is 0 Å². The summed E-state index contributed by atoms with van der Waals surface area (Å²) in [6.07, 6.45) is 4.58. The summed E-state index contributed by atoms with van der Waals surface area (Å²) in [7, 11) is 0. The lowest BCUT2D eigenvalue weighted by Crippen LogP contribution is -2.22. The topological polar surface area (TPSA) is 12.0 Å². The van der Waals surface area contributed by atoms with Crippen molar-refractivity contribution in [2.24, 2.45) is 0 Å². The zero-order chi connectivity index (χ0) is 11.8. The van der Waals surface area contributed by atoms with Crippen LogP contribution in [0.25, 0.3) is 0 Å². The minimum Gasteiger partial charge on any atom is -0.310 e. The third kappa shape index (κ3) is 4.58. The molecule has 0 radical (unpaired) electrons. The summed E-state index contributed by atoms with van der Waals surface area (Å²) in [5, 5.41) is 3.63. The molecule has 0 saturated carbocycles. The molecule has 1 atom stereocenters. The molecule has 1 aromatic rings. The Labute approximate surface area is 104 Å². The maximum Gasteiger partial charge on any atom is 0.0328 e. The van der Waals surface area contributed by atoms with Crippen LogP contribution in [0.5, 0.6) is 0 Å². The van der Waals surface area contributed by atoms with Gasteiger partial charge in [-0.25, -0.2) is 0 Å². The summed E-state index contributed by atoms with van der Waals surface area (Å²) in [6, 6.07) is 9.38. The summed E-state index contributed by atoms with van der Waals surface area (Å²) in [5.41, 5.74) is 2.78. The van der Waals surface area contributed by atoms with Crippen molar-refractivity contribution in [3.63, 3.8) is 0 Å². The van der Waals surface area contributed by atoms with Crippen LogP contribution in [0.15, 0.2) is 24.3 Å². The Balaban J connectivity index is 2.66. The fourth-order valence-electron chi connectivity index (χ4n) is 1.83. The zero-order valence-electron chi connectivity index (χ0n) is 10.6. The molecule has 1 rings (SSSR count). The number of rotatable bonds is 7. The molecule has 1 unspecified atom stereocenters. The smallest absolute Gasteiger partial charge is 0.0328 e. The normalized spacial score (nSPS) is 12.7. The second-order valence-electron chi connectivity index (χ2n) is 4.20. The quantitative estimate of drug-likeness (QED) is 0.774. The van der Waals surface area contributed by atoms with E-state index in [4.69, 9.17) is 0 Å². The van der Waals surface area contributed by atoms with Crippen LogP contribution in [0.3, 0.4) is 0 Å². The standard InChI is InChI=1S/C14H23NS/c1-4-9-15-14(8-10-16-3)13-7-5-6-12(2)11-13/h5-7,11,14-15H,4,8-10H2,1-3H3.